The van der Waals surface area contributed by atoms with Gasteiger partial charge in [-0.15, -0.1) is 0 Å². The molecule has 6 rings (SSSR count). The summed E-state index contributed by atoms with van der Waals surface area (Å²) >= 11 is 0. The van der Waals surface area contributed by atoms with Crippen LogP contribution >= 0.6 is 0 Å². The number of nitrogens with zero attached hydrogens (tertiary/aromatic N) is 2. The van der Waals surface area contributed by atoms with Crippen molar-refractivity contribution >= 4 is 34.2 Å². The van der Waals surface area contributed by atoms with E-state index in [0.717, 1.165) is 18.5 Å². The largest absolute Gasteiger partial charge is 0.455 e. The van der Waals surface area contributed by atoms with Gasteiger partial charge in [0.25, 0.3) is 17.5 Å². The number of nitro groups is 1. The highest BCUT2D eigenvalue weighted by Crippen LogP contribution is 2.41. The molecule has 0 atom stereocenters. The average Bonchev–Trinajstić information content (AvgIpc) is 3.76. The van der Waals surface area contributed by atoms with Crippen LogP contribution in [0.2, 0.25) is 0 Å². The first-order valence-corrected chi connectivity index (χ1v) is 13.1. The third-order valence-electron chi connectivity index (χ3n) is 7.15. The van der Waals surface area contributed by atoms with Gasteiger partial charge in [-0.3, -0.25) is 19.7 Å². The molecule has 0 saturated heterocycles. The fourth-order valence-corrected chi connectivity index (χ4v) is 5.04. The predicted molar refractivity (Wildman–Crippen MR) is 153 cm³/mol. The van der Waals surface area contributed by atoms with E-state index in [9.17, 15) is 24.1 Å². The first kappa shape index (κ1) is 25.9. The van der Waals surface area contributed by atoms with E-state index in [-0.39, 0.29) is 40.1 Å². The van der Waals surface area contributed by atoms with Crippen molar-refractivity contribution in [1.82, 2.24) is 5.32 Å². The van der Waals surface area contributed by atoms with Crippen molar-refractivity contribution in [2.45, 2.75) is 18.9 Å². The Hall–Kier alpha value is -5.31. The van der Waals surface area contributed by atoms with Crippen LogP contribution in [0.4, 0.5) is 15.8 Å². The standard InChI is InChI=1S/C32H24FN3O5/c1-34-31(37)29-26-17-25(27(36(39)40)18-28(26)41-30(29)19-10-12-22(33)13-11-19)20-6-5-7-21(16-20)32(38)35(24-14-15-24)23-8-3-2-4-9-23/h2-13,16-18,24H,14-15H2,1H3,(H,34,37). The Morgan fingerprint density at radius 1 is 0.951 bits per heavy atom. The van der Waals surface area contributed by atoms with Gasteiger partial charge in [-0.1, -0.05) is 30.3 Å². The molecule has 9 heteroatoms. The molecule has 1 aromatic heterocycles. The minimum Gasteiger partial charge on any atom is -0.455 e. The van der Waals surface area contributed by atoms with E-state index in [1.54, 1.807) is 29.2 Å². The molecule has 1 aliphatic rings. The Morgan fingerprint density at radius 3 is 2.34 bits per heavy atom. The van der Waals surface area contributed by atoms with Crippen molar-refractivity contribution in [3.05, 3.63) is 118 Å². The van der Waals surface area contributed by atoms with E-state index in [0.29, 0.717) is 22.1 Å². The second-order valence-corrected chi connectivity index (χ2v) is 9.84. The van der Waals surface area contributed by atoms with Gasteiger partial charge in [-0.05, 0) is 73.0 Å². The predicted octanol–water partition coefficient (Wildman–Crippen LogP) is 6.98. The van der Waals surface area contributed by atoms with Crippen LogP contribution in [-0.2, 0) is 0 Å². The number of hydrogen-bond donors (Lipinski definition) is 1. The first-order chi connectivity index (χ1) is 19.9. The van der Waals surface area contributed by atoms with Crippen LogP contribution in [0.1, 0.15) is 33.6 Å². The fraction of sp³-hybridized carbons (Fsp3) is 0.125. The highest BCUT2D eigenvalue weighted by atomic mass is 19.1. The third kappa shape index (κ3) is 4.82. The van der Waals surface area contributed by atoms with Crippen molar-refractivity contribution in [3.63, 3.8) is 0 Å². The van der Waals surface area contributed by atoms with Crippen LogP contribution in [0.25, 0.3) is 33.4 Å². The van der Waals surface area contributed by atoms with Gasteiger partial charge in [0, 0.05) is 35.3 Å². The molecule has 8 nitrogen and oxygen atoms in total. The summed E-state index contributed by atoms with van der Waals surface area (Å²) in [6.45, 7) is 0. The maximum absolute atomic E-state index is 13.7. The van der Waals surface area contributed by atoms with Crippen molar-refractivity contribution in [2.75, 3.05) is 11.9 Å². The lowest BCUT2D eigenvalue weighted by atomic mass is 9.97. The summed E-state index contributed by atoms with van der Waals surface area (Å²) in [5.74, 6) is -0.948. The van der Waals surface area contributed by atoms with E-state index >= 15 is 0 Å². The molecule has 0 unspecified atom stereocenters. The number of amides is 2. The topological polar surface area (TPSA) is 106 Å². The monoisotopic (exact) mass is 549 g/mol. The number of carbonyl (C=O) groups excluding carboxylic acids is 2. The number of nitrogens with one attached hydrogen (secondary N) is 1. The van der Waals surface area contributed by atoms with E-state index in [4.69, 9.17) is 4.42 Å². The first-order valence-electron chi connectivity index (χ1n) is 13.1. The Balaban J connectivity index is 1.50. The number of nitro benzene ring substituents is 1. The van der Waals surface area contributed by atoms with E-state index in [1.165, 1.54) is 43.4 Å². The molecule has 1 fully saturated rings. The number of fused-ring (bicyclic) bond motifs is 1. The van der Waals surface area contributed by atoms with E-state index < -0.39 is 16.6 Å². The molecule has 0 aliphatic heterocycles. The van der Waals surface area contributed by atoms with Gasteiger partial charge in [0.1, 0.15) is 17.2 Å². The SMILES string of the molecule is CNC(=O)c1c(-c2ccc(F)cc2)oc2cc([N+](=O)[O-])c(-c3cccc(C(=O)N(c4ccccc4)C4CC4)c3)cc12. The summed E-state index contributed by atoms with van der Waals surface area (Å²) < 4.78 is 19.5. The van der Waals surface area contributed by atoms with Crippen molar-refractivity contribution < 1.29 is 23.3 Å². The number of halogens is 1. The van der Waals surface area contributed by atoms with Gasteiger partial charge < -0.3 is 14.6 Å². The van der Waals surface area contributed by atoms with Crippen LogP contribution in [0.5, 0.6) is 0 Å². The molecule has 0 spiro atoms. The normalized spacial score (nSPS) is 12.7. The molecule has 1 aliphatic carbocycles. The molecule has 0 bridgehead atoms. The molecular formula is C32H24FN3O5. The Kier molecular flexibility index (Phi) is 6.55. The molecule has 1 saturated carbocycles. The zero-order valence-corrected chi connectivity index (χ0v) is 22.0. The summed E-state index contributed by atoms with van der Waals surface area (Å²) in [5, 5.41) is 15.1. The highest BCUT2D eigenvalue weighted by Gasteiger charge is 2.34. The molecule has 4 aromatic carbocycles. The maximum Gasteiger partial charge on any atom is 0.280 e. The lowest BCUT2D eigenvalue weighted by molar-refractivity contribution is -0.384. The summed E-state index contributed by atoms with van der Waals surface area (Å²) in [4.78, 5) is 40.2. The van der Waals surface area contributed by atoms with Gasteiger partial charge in [0.05, 0.1) is 22.1 Å². The molecule has 0 radical (unpaired) electrons. The number of para-hydroxylation sites is 1. The summed E-state index contributed by atoms with van der Waals surface area (Å²) in [6.07, 6.45) is 1.81. The van der Waals surface area contributed by atoms with Gasteiger partial charge in [0.15, 0.2) is 0 Å². The third-order valence-corrected chi connectivity index (χ3v) is 7.15. The van der Waals surface area contributed by atoms with Crippen LogP contribution < -0.4 is 10.2 Å². The van der Waals surface area contributed by atoms with E-state index in [1.807, 2.05) is 30.3 Å². The Labute approximate surface area is 234 Å². The average molecular weight is 550 g/mol. The zero-order valence-electron chi connectivity index (χ0n) is 22.0. The van der Waals surface area contributed by atoms with Crippen molar-refractivity contribution in [3.8, 4) is 22.5 Å². The molecule has 1 N–H and O–H groups in total. The minimum absolute atomic E-state index is 0.102. The number of carbonyl (C=O) groups is 2. The number of hydrogen-bond acceptors (Lipinski definition) is 5. The lowest BCUT2D eigenvalue weighted by Gasteiger charge is -2.23. The van der Waals surface area contributed by atoms with Crippen molar-refractivity contribution in [1.29, 1.82) is 0 Å². The Morgan fingerprint density at radius 2 is 1.68 bits per heavy atom. The number of furan rings is 1. The smallest absolute Gasteiger partial charge is 0.280 e. The highest BCUT2D eigenvalue weighted by molar-refractivity contribution is 6.13. The summed E-state index contributed by atoms with van der Waals surface area (Å²) in [7, 11) is 1.47. The van der Waals surface area contributed by atoms with Crippen LogP contribution in [-0.4, -0.2) is 29.8 Å². The molecule has 1 heterocycles. The van der Waals surface area contributed by atoms with Gasteiger partial charge in [-0.2, -0.15) is 0 Å². The van der Waals surface area contributed by atoms with Crippen LogP contribution in [0.3, 0.4) is 0 Å². The van der Waals surface area contributed by atoms with Crippen LogP contribution in [0.15, 0.2) is 95.4 Å². The number of rotatable bonds is 7. The molecule has 204 valence electrons. The van der Waals surface area contributed by atoms with Gasteiger partial charge in [0.2, 0.25) is 0 Å². The number of anilines is 1. The van der Waals surface area contributed by atoms with Crippen molar-refractivity contribution in [2.24, 2.45) is 0 Å². The van der Waals surface area contributed by atoms with Crippen LogP contribution in [0, 0.1) is 15.9 Å². The summed E-state index contributed by atoms with van der Waals surface area (Å²) in [6, 6.07) is 24.5. The Bertz CT molecular complexity index is 1810. The molecule has 5 aromatic rings. The zero-order chi connectivity index (χ0) is 28.7. The fourth-order valence-electron chi connectivity index (χ4n) is 5.04. The number of benzene rings is 4. The molecule has 41 heavy (non-hydrogen) atoms. The van der Waals surface area contributed by atoms with Gasteiger partial charge >= 0.3 is 0 Å². The van der Waals surface area contributed by atoms with Gasteiger partial charge in [-0.25, -0.2) is 4.39 Å². The minimum atomic E-state index is -0.524. The second-order valence-electron chi connectivity index (χ2n) is 9.84. The summed E-state index contributed by atoms with van der Waals surface area (Å²) in [5.41, 5.74) is 2.35. The lowest BCUT2D eigenvalue weighted by Crippen LogP contribution is -2.33. The molecular weight excluding hydrogens is 525 g/mol. The van der Waals surface area contributed by atoms with E-state index in [2.05, 4.69) is 5.32 Å². The quantitative estimate of drug-likeness (QED) is 0.174. The molecule has 2 amide bonds. The maximum atomic E-state index is 13.7. The second kappa shape index (κ2) is 10.3.